The number of cyclic esters (lactones) is 1. The topological polar surface area (TPSA) is 116 Å². The van der Waals surface area contributed by atoms with E-state index >= 15 is 0 Å². The molecular formula is C28H21ClF3N5O4. The third kappa shape index (κ3) is 5.67. The molecular weight excluding hydrogens is 563 g/mol. The van der Waals surface area contributed by atoms with Crippen LogP contribution in [-0.2, 0) is 14.3 Å². The van der Waals surface area contributed by atoms with Crippen LogP contribution < -0.4 is 15.1 Å². The molecule has 1 saturated heterocycles. The fourth-order valence-corrected chi connectivity index (χ4v) is 5.04. The van der Waals surface area contributed by atoms with E-state index in [2.05, 4.69) is 10.3 Å². The van der Waals surface area contributed by atoms with Gasteiger partial charge >= 0.3 is 6.09 Å². The van der Waals surface area contributed by atoms with Gasteiger partial charge in [0.2, 0.25) is 5.91 Å². The van der Waals surface area contributed by atoms with Crippen LogP contribution in [-0.4, -0.2) is 47.5 Å². The number of carbonyl (C=O) groups excluding carboxylic acids is 3. The van der Waals surface area contributed by atoms with Crippen LogP contribution in [0.25, 0.3) is 0 Å². The summed E-state index contributed by atoms with van der Waals surface area (Å²) in [5, 5.41) is 11.9. The van der Waals surface area contributed by atoms with Gasteiger partial charge in [-0.2, -0.15) is 5.26 Å². The van der Waals surface area contributed by atoms with Crippen molar-refractivity contribution in [3.05, 3.63) is 88.8 Å². The van der Waals surface area contributed by atoms with Gasteiger partial charge in [-0.25, -0.2) is 27.8 Å². The number of amides is 3. The van der Waals surface area contributed by atoms with Gasteiger partial charge in [0.15, 0.2) is 6.04 Å². The van der Waals surface area contributed by atoms with Crippen LogP contribution in [0.2, 0.25) is 5.02 Å². The fourth-order valence-electron chi connectivity index (χ4n) is 4.80. The number of benzene rings is 2. The molecule has 0 spiro atoms. The minimum Gasteiger partial charge on any atom is -0.446 e. The molecule has 2 aliphatic rings. The molecule has 1 aliphatic carbocycles. The highest BCUT2D eigenvalue weighted by Crippen LogP contribution is 2.39. The van der Waals surface area contributed by atoms with Crippen molar-refractivity contribution in [2.45, 2.75) is 36.9 Å². The Balaban J connectivity index is 1.61. The Kier molecular flexibility index (Phi) is 7.55. The summed E-state index contributed by atoms with van der Waals surface area (Å²) in [7, 11) is 0. The highest BCUT2D eigenvalue weighted by Gasteiger charge is 2.49. The number of alkyl halides is 2. The first-order valence-electron chi connectivity index (χ1n) is 12.4. The zero-order valence-corrected chi connectivity index (χ0v) is 21.9. The Morgan fingerprint density at radius 3 is 2.61 bits per heavy atom. The lowest BCUT2D eigenvalue weighted by Gasteiger charge is -2.39. The number of hydrogen-bond acceptors (Lipinski definition) is 6. The van der Waals surface area contributed by atoms with E-state index in [0.29, 0.717) is 0 Å². The predicted molar refractivity (Wildman–Crippen MR) is 141 cm³/mol. The van der Waals surface area contributed by atoms with Crippen LogP contribution in [0.5, 0.6) is 0 Å². The molecule has 2 fully saturated rings. The lowest BCUT2D eigenvalue weighted by Crippen LogP contribution is -2.56. The third-order valence-electron chi connectivity index (χ3n) is 6.75. The zero-order chi connectivity index (χ0) is 29.3. The maximum Gasteiger partial charge on any atom is 0.416 e. The first-order chi connectivity index (χ1) is 19.6. The summed E-state index contributed by atoms with van der Waals surface area (Å²) < 4.78 is 46.8. The van der Waals surface area contributed by atoms with Crippen LogP contribution in [0.1, 0.15) is 30.0 Å². The van der Waals surface area contributed by atoms with Gasteiger partial charge in [0.1, 0.15) is 24.3 Å². The van der Waals surface area contributed by atoms with Crippen molar-refractivity contribution in [3.63, 3.8) is 0 Å². The molecule has 9 nitrogen and oxygen atoms in total. The number of nitrogens with one attached hydrogen (secondary N) is 1. The SMILES string of the molecule is N#Cc1ccnc(N2C(=O)OCC2C(=O)N(c2cccc(F)c2)C(C(=O)NC2CC(F)(F)C2)c2ccccc2Cl)c1. The van der Waals surface area contributed by atoms with Crippen LogP contribution in [0.15, 0.2) is 66.9 Å². The molecule has 1 N–H and O–H groups in total. The van der Waals surface area contributed by atoms with Gasteiger partial charge in [0.05, 0.1) is 11.6 Å². The second-order valence-corrected chi connectivity index (χ2v) is 9.97. The van der Waals surface area contributed by atoms with Gasteiger partial charge in [-0.15, -0.1) is 0 Å². The van der Waals surface area contributed by atoms with E-state index in [0.717, 1.165) is 21.9 Å². The molecule has 2 unspecified atom stereocenters. The summed E-state index contributed by atoms with van der Waals surface area (Å²) in [6.07, 6.45) is -0.816. The predicted octanol–water partition coefficient (Wildman–Crippen LogP) is 4.76. The number of pyridine rings is 1. The Morgan fingerprint density at radius 1 is 1.17 bits per heavy atom. The van der Waals surface area contributed by atoms with Crippen molar-refractivity contribution in [2.24, 2.45) is 0 Å². The van der Waals surface area contributed by atoms with E-state index in [4.69, 9.17) is 16.3 Å². The van der Waals surface area contributed by atoms with E-state index in [1.807, 2.05) is 6.07 Å². The molecule has 0 radical (unpaired) electrons. The number of nitriles is 1. The van der Waals surface area contributed by atoms with Crippen molar-refractivity contribution in [3.8, 4) is 6.07 Å². The highest BCUT2D eigenvalue weighted by atomic mass is 35.5. The first-order valence-corrected chi connectivity index (χ1v) is 12.8. The molecule has 2 aromatic carbocycles. The Morgan fingerprint density at radius 2 is 1.93 bits per heavy atom. The van der Waals surface area contributed by atoms with Crippen LogP contribution in [0.3, 0.4) is 0 Å². The van der Waals surface area contributed by atoms with Gasteiger partial charge in [-0.3, -0.25) is 14.5 Å². The van der Waals surface area contributed by atoms with Gasteiger partial charge in [-0.05, 0) is 36.4 Å². The number of rotatable bonds is 7. The minimum absolute atomic E-state index is 0.0560. The normalized spacial score (nSPS) is 18.6. The number of hydrogen-bond donors (Lipinski definition) is 1. The van der Waals surface area contributed by atoms with Crippen molar-refractivity contribution in [2.75, 3.05) is 16.4 Å². The Bertz CT molecular complexity index is 1560. The molecule has 41 heavy (non-hydrogen) atoms. The lowest BCUT2D eigenvalue weighted by molar-refractivity contribution is -0.133. The standard InChI is InChI=1S/C28H21ClF3N5O4/c29-21-7-2-1-6-20(21)24(25(38)35-18-12-28(31,32)13-18)36(19-5-3-4-17(30)11-19)26(39)22-15-41-27(40)37(22)23-10-16(14-33)8-9-34-23/h1-11,18,22,24H,12-13,15H2,(H,35,38). The number of halogens is 4. The van der Waals surface area contributed by atoms with Gasteiger partial charge in [-0.1, -0.05) is 35.9 Å². The average molecular weight is 584 g/mol. The van der Waals surface area contributed by atoms with Gasteiger partial charge in [0, 0.05) is 41.4 Å². The molecule has 1 aromatic heterocycles. The molecule has 0 bridgehead atoms. The summed E-state index contributed by atoms with van der Waals surface area (Å²) in [5.74, 6) is -5.42. The van der Waals surface area contributed by atoms with Gasteiger partial charge < -0.3 is 10.1 Å². The van der Waals surface area contributed by atoms with E-state index < -0.39 is 67.2 Å². The Hall–Kier alpha value is -4.63. The summed E-state index contributed by atoms with van der Waals surface area (Å²) in [6, 6.07) is 11.8. The largest absolute Gasteiger partial charge is 0.446 e. The lowest BCUT2D eigenvalue weighted by atomic mass is 9.87. The second-order valence-electron chi connectivity index (χ2n) is 9.56. The average Bonchev–Trinajstić information content (AvgIpc) is 3.32. The smallest absolute Gasteiger partial charge is 0.416 e. The molecule has 13 heteroatoms. The zero-order valence-electron chi connectivity index (χ0n) is 21.1. The quantitative estimate of drug-likeness (QED) is 0.429. The number of carbonyl (C=O) groups is 3. The first kappa shape index (κ1) is 27.9. The molecule has 1 saturated carbocycles. The molecule has 1 aliphatic heterocycles. The summed E-state index contributed by atoms with van der Waals surface area (Å²) in [6.45, 7) is -0.451. The summed E-state index contributed by atoms with van der Waals surface area (Å²) >= 11 is 6.46. The molecule has 2 heterocycles. The number of aromatic nitrogens is 1. The van der Waals surface area contributed by atoms with E-state index in [1.165, 1.54) is 42.6 Å². The van der Waals surface area contributed by atoms with Crippen molar-refractivity contribution >= 4 is 41.0 Å². The molecule has 210 valence electrons. The number of nitrogens with zero attached hydrogens (tertiary/aromatic N) is 4. The molecule has 5 rings (SSSR count). The molecule has 3 amide bonds. The number of ether oxygens (including phenoxy) is 1. The van der Waals surface area contributed by atoms with Gasteiger partial charge in [0.25, 0.3) is 11.8 Å². The van der Waals surface area contributed by atoms with Crippen molar-refractivity contribution in [1.29, 1.82) is 5.26 Å². The Labute approximate surface area is 237 Å². The second kappa shape index (κ2) is 11.1. The fraction of sp³-hybridized carbons (Fsp3) is 0.250. The van der Waals surface area contributed by atoms with E-state index in [1.54, 1.807) is 12.1 Å². The van der Waals surface area contributed by atoms with E-state index in [9.17, 15) is 32.8 Å². The van der Waals surface area contributed by atoms with Crippen LogP contribution in [0.4, 0.5) is 29.5 Å². The monoisotopic (exact) mass is 583 g/mol. The highest BCUT2D eigenvalue weighted by molar-refractivity contribution is 6.31. The maximum absolute atomic E-state index is 14.5. The van der Waals surface area contributed by atoms with E-state index in [-0.39, 0.29) is 27.7 Å². The summed E-state index contributed by atoms with van der Waals surface area (Å²) in [4.78, 5) is 46.9. The minimum atomic E-state index is -2.93. The summed E-state index contributed by atoms with van der Waals surface area (Å²) in [5.41, 5.74) is 0.234. The molecule has 2 atom stereocenters. The van der Waals surface area contributed by atoms with Crippen molar-refractivity contribution < 1.29 is 32.3 Å². The van der Waals surface area contributed by atoms with Crippen LogP contribution >= 0.6 is 11.6 Å². The van der Waals surface area contributed by atoms with Crippen LogP contribution in [0, 0.1) is 17.1 Å². The number of anilines is 2. The van der Waals surface area contributed by atoms with Crippen molar-refractivity contribution in [1.82, 2.24) is 10.3 Å². The third-order valence-corrected chi connectivity index (χ3v) is 7.09. The maximum atomic E-state index is 14.5. The molecule has 3 aromatic rings.